The summed E-state index contributed by atoms with van der Waals surface area (Å²) in [6, 6.07) is 8.41. The van der Waals surface area contributed by atoms with Gasteiger partial charge in [-0.05, 0) is 49.9 Å². The van der Waals surface area contributed by atoms with Gasteiger partial charge in [-0.15, -0.1) is 11.8 Å². The maximum absolute atomic E-state index is 12.3. The lowest BCUT2D eigenvalue weighted by molar-refractivity contribution is -0.132. The number of rotatable bonds is 7. The largest absolute Gasteiger partial charge is 0.396 e. The number of hydrogen-bond donors (Lipinski definition) is 1. The van der Waals surface area contributed by atoms with Gasteiger partial charge >= 0.3 is 0 Å². The van der Waals surface area contributed by atoms with Crippen molar-refractivity contribution in [3.05, 3.63) is 28.7 Å². The predicted molar refractivity (Wildman–Crippen MR) is 85.9 cm³/mol. The van der Waals surface area contributed by atoms with Gasteiger partial charge in [0, 0.05) is 28.6 Å². The zero-order valence-electron chi connectivity index (χ0n) is 11.4. The summed E-state index contributed by atoms with van der Waals surface area (Å²) >= 11 is 4.98. The van der Waals surface area contributed by atoms with Crippen LogP contribution in [-0.4, -0.2) is 40.9 Å². The van der Waals surface area contributed by atoms with Gasteiger partial charge in [-0.25, -0.2) is 0 Å². The highest BCUT2D eigenvalue weighted by Crippen LogP contribution is 2.27. The molecule has 0 aliphatic heterocycles. The summed E-state index contributed by atoms with van der Waals surface area (Å²) in [5.74, 6) is 0.667. The molecule has 1 aliphatic carbocycles. The van der Waals surface area contributed by atoms with E-state index in [0.29, 0.717) is 24.8 Å². The van der Waals surface area contributed by atoms with Crippen molar-refractivity contribution in [2.45, 2.75) is 36.6 Å². The summed E-state index contributed by atoms with van der Waals surface area (Å²) < 4.78 is 1.05. The third kappa shape index (κ3) is 4.50. The van der Waals surface area contributed by atoms with Crippen molar-refractivity contribution in [2.75, 3.05) is 18.9 Å². The number of nitrogens with zero attached hydrogens (tertiary/aromatic N) is 1. The molecule has 110 valence electrons. The van der Waals surface area contributed by atoms with Crippen LogP contribution in [0.2, 0.25) is 0 Å². The summed E-state index contributed by atoms with van der Waals surface area (Å²) in [4.78, 5) is 15.4. The van der Waals surface area contributed by atoms with E-state index in [4.69, 9.17) is 5.11 Å². The third-order valence-corrected chi connectivity index (χ3v) is 5.09. The van der Waals surface area contributed by atoms with E-state index in [2.05, 4.69) is 15.9 Å². The number of benzene rings is 1. The lowest BCUT2D eigenvalue weighted by Gasteiger charge is -2.37. The molecule has 0 saturated heterocycles. The van der Waals surface area contributed by atoms with Crippen molar-refractivity contribution in [3.8, 4) is 0 Å². The minimum Gasteiger partial charge on any atom is -0.396 e. The fourth-order valence-electron chi connectivity index (χ4n) is 2.21. The van der Waals surface area contributed by atoms with Gasteiger partial charge in [-0.2, -0.15) is 0 Å². The van der Waals surface area contributed by atoms with Gasteiger partial charge in [0.25, 0.3) is 0 Å². The molecule has 0 aromatic heterocycles. The van der Waals surface area contributed by atoms with Gasteiger partial charge in [0.1, 0.15) is 0 Å². The maximum atomic E-state index is 12.3. The van der Waals surface area contributed by atoms with Crippen molar-refractivity contribution < 1.29 is 9.90 Å². The van der Waals surface area contributed by atoms with Crippen LogP contribution >= 0.6 is 27.7 Å². The molecule has 2 rings (SSSR count). The van der Waals surface area contributed by atoms with Crippen LogP contribution in [0.25, 0.3) is 0 Å². The van der Waals surface area contributed by atoms with Crippen molar-refractivity contribution >= 4 is 33.6 Å². The first-order valence-corrected chi connectivity index (χ1v) is 8.77. The molecule has 0 bridgehead atoms. The van der Waals surface area contributed by atoms with E-state index >= 15 is 0 Å². The summed E-state index contributed by atoms with van der Waals surface area (Å²) in [6.07, 6.45) is 4.11. The quantitative estimate of drug-likeness (QED) is 0.761. The van der Waals surface area contributed by atoms with Crippen LogP contribution < -0.4 is 0 Å². The average Bonchev–Trinajstić information content (AvgIpc) is 2.40. The van der Waals surface area contributed by atoms with Crippen LogP contribution in [0.3, 0.4) is 0 Å². The second-order valence-electron chi connectivity index (χ2n) is 4.99. The number of thioether (sulfide) groups is 1. The van der Waals surface area contributed by atoms with Crippen LogP contribution in [0.5, 0.6) is 0 Å². The molecule has 5 heteroatoms. The van der Waals surface area contributed by atoms with Gasteiger partial charge in [0.15, 0.2) is 0 Å². The number of carbonyl (C=O) groups excluding carboxylic acids is 1. The fraction of sp³-hybridized carbons (Fsp3) is 0.533. The SMILES string of the molecule is O=C(CSc1ccc(Br)cc1)N(CCCO)C1CCC1. The van der Waals surface area contributed by atoms with E-state index in [1.807, 2.05) is 29.2 Å². The van der Waals surface area contributed by atoms with Crippen LogP contribution in [-0.2, 0) is 4.79 Å². The Hall–Kier alpha value is -0.520. The molecule has 1 amide bonds. The first-order chi connectivity index (χ1) is 9.70. The molecule has 1 aromatic carbocycles. The van der Waals surface area contributed by atoms with Crippen LogP contribution in [0.4, 0.5) is 0 Å². The standard InChI is InChI=1S/C15H20BrNO2S/c16-12-5-7-14(8-6-12)20-11-15(19)17(9-2-10-18)13-3-1-4-13/h5-8,13,18H,1-4,9-11H2. The van der Waals surface area contributed by atoms with Crippen molar-refractivity contribution in [3.63, 3.8) is 0 Å². The molecule has 0 unspecified atom stereocenters. The lowest BCUT2D eigenvalue weighted by Crippen LogP contribution is -2.45. The number of halogens is 1. The summed E-state index contributed by atoms with van der Waals surface area (Å²) in [6.45, 7) is 0.831. The monoisotopic (exact) mass is 357 g/mol. The topological polar surface area (TPSA) is 40.5 Å². The minimum atomic E-state index is 0.149. The molecule has 1 aromatic rings. The number of carbonyl (C=O) groups is 1. The van der Waals surface area contributed by atoms with E-state index in [9.17, 15) is 4.79 Å². The van der Waals surface area contributed by atoms with Crippen molar-refractivity contribution in [1.29, 1.82) is 0 Å². The highest BCUT2D eigenvalue weighted by Gasteiger charge is 2.28. The molecule has 0 atom stereocenters. The molecule has 0 spiro atoms. The molecule has 0 heterocycles. The van der Waals surface area contributed by atoms with E-state index in [0.717, 1.165) is 22.2 Å². The minimum absolute atomic E-state index is 0.149. The van der Waals surface area contributed by atoms with Gasteiger partial charge in [0.2, 0.25) is 5.91 Å². The maximum Gasteiger partial charge on any atom is 0.233 e. The number of hydrogen-bond acceptors (Lipinski definition) is 3. The number of amides is 1. The molecular formula is C15H20BrNO2S. The zero-order chi connectivity index (χ0) is 14.4. The average molecular weight is 358 g/mol. The van der Waals surface area contributed by atoms with E-state index in [-0.39, 0.29) is 12.5 Å². The molecule has 20 heavy (non-hydrogen) atoms. The highest BCUT2D eigenvalue weighted by molar-refractivity contribution is 9.10. The molecule has 1 fully saturated rings. The van der Waals surface area contributed by atoms with Gasteiger partial charge in [-0.3, -0.25) is 4.79 Å². The van der Waals surface area contributed by atoms with Crippen molar-refractivity contribution in [2.24, 2.45) is 0 Å². The zero-order valence-corrected chi connectivity index (χ0v) is 13.8. The number of aliphatic hydroxyl groups excluding tert-OH is 1. The van der Waals surface area contributed by atoms with Crippen LogP contribution in [0, 0.1) is 0 Å². The molecule has 0 radical (unpaired) electrons. The Morgan fingerprint density at radius 1 is 1.35 bits per heavy atom. The molecule has 1 N–H and O–H groups in total. The second kappa shape index (κ2) is 8.05. The first kappa shape index (κ1) is 15.9. The smallest absolute Gasteiger partial charge is 0.233 e. The number of aliphatic hydroxyl groups is 1. The molecule has 1 aliphatic rings. The van der Waals surface area contributed by atoms with Gasteiger partial charge < -0.3 is 10.0 Å². The fourth-order valence-corrected chi connectivity index (χ4v) is 3.26. The Labute approximate surface area is 132 Å². The van der Waals surface area contributed by atoms with Gasteiger partial charge in [-0.1, -0.05) is 15.9 Å². The summed E-state index contributed by atoms with van der Waals surface area (Å²) in [7, 11) is 0. The first-order valence-electron chi connectivity index (χ1n) is 6.99. The Morgan fingerprint density at radius 2 is 2.05 bits per heavy atom. The van der Waals surface area contributed by atoms with Gasteiger partial charge in [0.05, 0.1) is 5.75 Å². The van der Waals surface area contributed by atoms with E-state index < -0.39 is 0 Å². The summed E-state index contributed by atoms with van der Waals surface area (Å²) in [5.41, 5.74) is 0. The third-order valence-electron chi connectivity index (χ3n) is 3.57. The second-order valence-corrected chi connectivity index (χ2v) is 6.96. The molecular weight excluding hydrogens is 338 g/mol. The molecule has 1 saturated carbocycles. The Kier molecular flexibility index (Phi) is 6.39. The predicted octanol–water partition coefficient (Wildman–Crippen LogP) is 3.30. The molecule has 3 nitrogen and oxygen atoms in total. The van der Waals surface area contributed by atoms with E-state index in [1.165, 1.54) is 6.42 Å². The van der Waals surface area contributed by atoms with E-state index in [1.54, 1.807) is 11.8 Å². The Bertz CT molecular complexity index is 434. The van der Waals surface area contributed by atoms with Crippen LogP contribution in [0.1, 0.15) is 25.7 Å². The summed E-state index contributed by atoms with van der Waals surface area (Å²) in [5, 5.41) is 8.96. The lowest BCUT2D eigenvalue weighted by atomic mass is 9.91. The normalized spacial score (nSPS) is 14.9. The van der Waals surface area contributed by atoms with Crippen molar-refractivity contribution in [1.82, 2.24) is 4.90 Å². The Balaban J connectivity index is 1.85. The Morgan fingerprint density at radius 3 is 2.60 bits per heavy atom. The van der Waals surface area contributed by atoms with Crippen LogP contribution in [0.15, 0.2) is 33.6 Å². The highest BCUT2D eigenvalue weighted by atomic mass is 79.9.